The Hall–Kier alpha value is -0.680. The summed E-state index contributed by atoms with van der Waals surface area (Å²) in [5.74, 6) is -0.214. The van der Waals surface area contributed by atoms with Crippen LogP contribution in [-0.4, -0.2) is 23.3 Å². The van der Waals surface area contributed by atoms with Gasteiger partial charge in [-0.2, -0.15) is 0 Å². The van der Waals surface area contributed by atoms with Crippen LogP contribution in [0.2, 0.25) is 0 Å². The second-order valence-corrected chi connectivity index (χ2v) is 3.55. The standard InChI is InChI=1S/C8H15NO3S/c1-3-5-8(10)12-7-6-9-13(11)4-2/h4,9H,2-3,5-7H2,1H3. The monoisotopic (exact) mass is 205 g/mol. The zero-order chi connectivity index (χ0) is 10.1. The van der Waals surface area contributed by atoms with Gasteiger partial charge in [-0.1, -0.05) is 13.5 Å². The third kappa shape index (κ3) is 7.67. The van der Waals surface area contributed by atoms with Crippen molar-refractivity contribution in [1.29, 1.82) is 0 Å². The number of hydrogen-bond donors (Lipinski definition) is 1. The molecule has 5 heteroatoms. The summed E-state index contributed by atoms with van der Waals surface area (Å²) in [7, 11) is -1.22. The minimum atomic E-state index is -1.22. The first-order chi connectivity index (χ1) is 6.20. The maximum Gasteiger partial charge on any atom is 0.305 e. The molecular formula is C8H15NO3S. The maximum atomic E-state index is 10.8. The van der Waals surface area contributed by atoms with Crippen molar-refractivity contribution in [2.24, 2.45) is 0 Å². The highest BCUT2D eigenvalue weighted by Crippen LogP contribution is 1.90. The lowest BCUT2D eigenvalue weighted by Crippen LogP contribution is -2.22. The highest BCUT2D eigenvalue weighted by Gasteiger charge is 1.99. The topological polar surface area (TPSA) is 55.4 Å². The van der Waals surface area contributed by atoms with Gasteiger partial charge in [-0.15, -0.1) is 0 Å². The van der Waals surface area contributed by atoms with Crippen molar-refractivity contribution in [3.05, 3.63) is 12.0 Å². The van der Waals surface area contributed by atoms with Crippen molar-refractivity contribution in [2.45, 2.75) is 19.8 Å². The van der Waals surface area contributed by atoms with Gasteiger partial charge in [0.2, 0.25) is 0 Å². The van der Waals surface area contributed by atoms with E-state index in [1.54, 1.807) is 0 Å². The van der Waals surface area contributed by atoms with E-state index in [-0.39, 0.29) is 12.6 Å². The van der Waals surface area contributed by atoms with Crippen molar-refractivity contribution in [1.82, 2.24) is 4.72 Å². The predicted molar refractivity (Wildman–Crippen MR) is 52.2 cm³/mol. The van der Waals surface area contributed by atoms with E-state index in [9.17, 15) is 9.00 Å². The molecule has 1 N–H and O–H groups in total. The highest BCUT2D eigenvalue weighted by molar-refractivity contribution is 7.86. The molecule has 76 valence electrons. The molecule has 0 aromatic carbocycles. The fourth-order valence-corrected chi connectivity index (χ4v) is 1.04. The predicted octanol–water partition coefficient (Wildman–Crippen LogP) is 0.726. The average molecular weight is 205 g/mol. The number of rotatable bonds is 7. The zero-order valence-electron chi connectivity index (χ0n) is 7.75. The van der Waals surface area contributed by atoms with Gasteiger partial charge in [0.15, 0.2) is 0 Å². The lowest BCUT2D eigenvalue weighted by Gasteiger charge is -2.03. The largest absolute Gasteiger partial charge is 0.464 e. The Bertz CT molecular complexity index is 194. The minimum Gasteiger partial charge on any atom is -0.464 e. The molecule has 0 rings (SSSR count). The molecule has 0 radical (unpaired) electrons. The quantitative estimate of drug-likeness (QED) is 0.492. The Labute approximate surface area is 80.9 Å². The lowest BCUT2D eigenvalue weighted by molar-refractivity contribution is -0.143. The van der Waals surface area contributed by atoms with E-state index in [4.69, 9.17) is 4.74 Å². The average Bonchev–Trinajstić information content (AvgIpc) is 2.12. The second-order valence-electron chi connectivity index (χ2n) is 2.33. The van der Waals surface area contributed by atoms with Crippen LogP contribution in [0.5, 0.6) is 0 Å². The molecule has 0 saturated carbocycles. The number of carbonyl (C=O) groups is 1. The van der Waals surface area contributed by atoms with Gasteiger partial charge in [-0.3, -0.25) is 4.79 Å². The number of nitrogens with one attached hydrogen (secondary N) is 1. The Kier molecular flexibility index (Phi) is 7.53. The molecule has 0 fully saturated rings. The zero-order valence-corrected chi connectivity index (χ0v) is 8.56. The lowest BCUT2D eigenvalue weighted by atomic mass is 10.3. The van der Waals surface area contributed by atoms with Gasteiger partial charge in [0.05, 0.1) is 0 Å². The molecule has 1 atom stereocenters. The van der Waals surface area contributed by atoms with Gasteiger partial charge in [0, 0.05) is 18.4 Å². The van der Waals surface area contributed by atoms with Crippen LogP contribution in [0.25, 0.3) is 0 Å². The molecule has 0 aromatic rings. The van der Waals surface area contributed by atoms with E-state index in [1.807, 2.05) is 6.92 Å². The van der Waals surface area contributed by atoms with Crippen LogP contribution in [0.15, 0.2) is 12.0 Å². The Morgan fingerprint density at radius 3 is 2.92 bits per heavy atom. The van der Waals surface area contributed by atoms with E-state index in [0.29, 0.717) is 13.0 Å². The molecule has 0 bridgehead atoms. The number of hydrogen-bond acceptors (Lipinski definition) is 3. The molecule has 1 unspecified atom stereocenters. The molecule has 4 nitrogen and oxygen atoms in total. The van der Waals surface area contributed by atoms with Gasteiger partial charge >= 0.3 is 5.97 Å². The highest BCUT2D eigenvalue weighted by atomic mass is 32.2. The van der Waals surface area contributed by atoms with Crippen LogP contribution in [-0.2, 0) is 20.5 Å². The molecule has 0 aliphatic carbocycles. The van der Waals surface area contributed by atoms with Crippen molar-refractivity contribution >= 4 is 17.0 Å². The summed E-state index contributed by atoms with van der Waals surface area (Å²) in [4.78, 5) is 10.8. The van der Waals surface area contributed by atoms with Crippen LogP contribution in [0.4, 0.5) is 0 Å². The van der Waals surface area contributed by atoms with Gasteiger partial charge < -0.3 is 4.74 Å². The molecule has 0 amide bonds. The van der Waals surface area contributed by atoms with Gasteiger partial charge in [0.25, 0.3) is 0 Å². The van der Waals surface area contributed by atoms with Crippen LogP contribution >= 0.6 is 0 Å². The summed E-state index contributed by atoms with van der Waals surface area (Å²) in [5.41, 5.74) is 0. The molecule has 0 heterocycles. The van der Waals surface area contributed by atoms with E-state index in [1.165, 1.54) is 5.41 Å². The summed E-state index contributed by atoms with van der Waals surface area (Å²) in [6.45, 7) is 5.87. The third-order valence-electron chi connectivity index (χ3n) is 1.21. The first-order valence-electron chi connectivity index (χ1n) is 4.13. The van der Waals surface area contributed by atoms with E-state index in [0.717, 1.165) is 6.42 Å². The smallest absolute Gasteiger partial charge is 0.305 e. The number of esters is 1. The Morgan fingerprint density at radius 2 is 2.38 bits per heavy atom. The van der Waals surface area contributed by atoms with Crippen molar-refractivity contribution < 1.29 is 13.7 Å². The molecule has 0 aromatic heterocycles. The summed E-state index contributed by atoms with van der Waals surface area (Å²) in [5, 5.41) is 1.29. The molecule has 0 aliphatic heterocycles. The van der Waals surface area contributed by atoms with Gasteiger partial charge in [-0.05, 0) is 6.42 Å². The summed E-state index contributed by atoms with van der Waals surface area (Å²) >= 11 is 0. The first-order valence-corrected chi connectivity index (χ1v) is 5.34. The van der Waals surface area contributed by atoms with Gasteiger partial charge in [-0.25, -0.2) is 8.93 Å². The van der Waals surface area contributed by atoms with Crippen LogP contribution in [0, 0.1) is 0 Å². The fraction of sp³-hybridized carbons (Fsp3) is 0.625. The molecular weight excluding hydrogens is 190 g/mol. The van der Waals surface area contributed by atoms with Crippen LogP contribution < -0.4 is 4.72 Å². The van der Waals surface area contributed by atoms with Gasteiger partial charge in [0.1, 0.15) is 17.6 Å². The van der Waals surface area contributed by atoms with Crippen molar-refractivity contribution in [3.63, 3.8) is 0 Å². The third-order valence-corrected chi connectivity index (χ3v) is 2.01. The number of ether oxygens (including phenoxy) is 1. The molecule has 13 heavy (non-hydrogen) atoms. The second kappa shape index (κ2) is 7.94. The summed E-state index contributed by atoms with van der Waals surface area (Å²) < 4.78 is 18.1. The fourth-order valence-electron chi connectivity index (χ4n) is 0.642. The normalized spacial score (nSPS) is 12.1. The summed E-state index contributed by atoms with van der Waals surface area (Å²) in [6, 6.07) is 0. The molecule has 0 saturated heterocycles. The molecule has 0 spiro atoms. The minimum absolute atomic E-state index is 0.214. The summed E-state index contributed by atoms with van der Waals surface area (Å²) in [6.07, 6.45) is 1.22. The molecule has 0 aliphatic rings. The Morgan fingerprint density at radius 1 is 1.69 bits per heavy atom. The number of carbonyl (C=O) groups excluding carboxylic acids is 1. The SMILES string of the molecule is C=CS(=O)NCCOC(=O)CCC. The van der Waals surface area contributed by atoms with Crippen LogP contribution in [0.3, 0.4) is 0 Å². The first kappa shape index (κ1) is 12.3. The van der Waals surface area contributed by atoms with E-state index >= 15 is 0 Å². The van der Waals surface area contributed by atoms with Crippen molar-refractivity contribution in [3.8, 4) is 0 Å². The Balaban J connectivity index is 3.30. The van der Waals surface area contributed by atoms with E-state index in [2.05, 4.69) is 11.3 Å². The van der Waals surface area contributed by atoms with E-state index < -0.39 is 11.0 Å². The maximum absolute atomic E-state index is 10.8. The van der Waals surface area contributed by atoms with Crippen LogP contribution in [0.1, 0.15) is 19.8 Å². The van der Waals surface area contributed by atoms with Crippen molar-refractivity contribution in [2.75, 3.05) is 13.2 Å².